The number of hydrogen-bond donors (Lipinski definition) is 2. The van der Waals surface area contributed by atoms with E-state index in [9.17, 15) is 9.90 Å². The summed E-state index contributed by atoms with van der Waals surface area (Å²) in [5.41, 5.74) is 0.766. The van der Waals surface area contributed by atoms with Crippen LogP contribution in [0, 0.1) is 5.92 Å². The maximum Gasteiger partial charge on any atom is 0.227 e. The van der Waals surface area contributed by atoms with Crippen molar-refractivity contribution in [2.24, 2.45) is 5.92 Å². The molecule has 2 rings (SSSR count). The van der Waals surface area contributed by atoms with Crippen LogP contribution in [0.15, 0.2) is 29.0 Å². The molecule has 7 heteroatoms. The SMILES string of the molecule is CC(C)C(O)CNC(=O)CCc1nc(-c2cccnc2)no1. The van der Waals surface area contributed by atoms with Crippen molar-refractivity contribution in [1.82, 2.24) is 20.4 Å². The highest BCUT2D eigenvalue weighted by molar-refractivity contribution is 5.76. The smallest absolute Gasteiger partial charge is 0.227 e. The van der Waals surface area contributed by atoms with Gasteiger partial charge >= 0.3 is 0 Å². The van der Waals surface area contributed by atoms with Crippen LogP contribution < -0.4 is 5.32 Å². The molecule has 2 N–H and O–H groups in total. The number of rotatable bonds is 7. The molecule has 2 aromatic heterocycles. The second kappa shape index (κ2) is 7.65. The first-order chi connectivity index (χ1) is 10.6. The molecule has 0 saturated carbocycles. The second-order valence-electron chi connectivity index (χ2n) is 5.37. The maximum atomic E-state index is 11.7. The molecule has 0 saturated heterocycles. The number of carbonyl (C=O) groups is 1. The average molecular weight is 304 g/mol. The molecule has 0 radical (unpaired) electrons. The fraction of sp³-hybridized carbons (Fsp3) is 0.467. The van der Waals surface area contributed by atoms with Gasteiger partial charge in [0.25, 0.3) is 0 Å². The zero-order chi connectivity index (χ0) is 15.9. The summed E-state index contributed by atoms with van der Waals surface area (Å²) < 4.78 is 5.12. The minimum absolute atomic E-state index is 0.110. The Bertz CT molecular complexity index is 598. The standard InChI is InChI=1S/C15H20N4O3/c1-10(2)12(20)9-17-13(21)5-6-14-18-15(19-22-14)11-4-3-7-16-8-11/h3-4,7-8,10,12,20H,5-6,9H2,1-2H3,(H,17,21). The topological polar surface area (TPSA) is 101 Å². The van der Waals surface area contributed by atoms with Crippen molar-refractivity contribution in [3.05, 3.63) is 30.4 Å². The molecule has 0 aromatic carbocycles. The number of pyridine rings is 1. The molecule has 118 valence electrons. The second-order valence-corrected chi connectivity index (χ2v) is 5.37. The van der Waals surface area contributed by atoms with E-state index in [-0.39, 0.29) is 24.8 Å². The molecule has 1 amide bonds. The van der Waals surface area contributed by atoms with E-state index in [0.29, 0.717) is 18.1 Å². The van der Waals surface area contributed by atoms with E-state index in [1.54, 1.807) is 18.5 Å². The molecule has 22 heavy (non-hydrogen) atoms. The molecule has 0 bridgehead atoms. The lowest BCUT2D eigenvalue weighted by Gasteiger charge is -2.14. The number of aliphatic hydroxyl groups is 1. The van der Waals surface area contributed by atoms with Gasteiger partial charge in [0.2, 0.25) is 17.6 Å². The van der Waals surface area contributed by atoms with E-state index in [4.69, 9.17) is 4.52 Å². The predicted molar refractivity (Wildman–Crippen MR) is 79.7 cm³/mol. The van der Waals surface area contributed by atoms with Crippen LogP contribution in [0.2, 0.25) is 0 Å². The van der Waals surface area contributed by atoms with Crippen LogP contribution in [0.3, 0.4) is 0 Å². The molecule has 0 aliphatic rings. The Morgan fingerprint density at radius 1 is 1.45 bits per heavy atom. The van der Waals surface area contributed by atoms with Gasteiger partial charge in [-0.05, 0) is 18.1 Å². The number of amides is 1. The van der Waals surface area contributed by atoms with Crippen molar-refractivity contribution < 1.29 is 14.4 Å². The van der Waals surface area contributed by atoms with Crippen LogP contribution in [-0.2, 0) is 11.2 Å². The number of carbonyl (C=O) groups excluding carboxylic acids is 1. The summed E-state index contributed by atoms with van der Waals surface area (Å²) in [6.45, 7) is 4.05. The van der Waals surface area contributed by atoms with Crippen molar-refractivity contribution in [1.29, 1.82) is 0 Å². The molecule has 1 atom stereocenters. The van der Waals surface area contributed by atoms with Crippen LogP contribution in [0.25, 0.3) is 11.4 Å². The van der Waals surface area contributed by atoms with Gasteiger partial charge in [-0.15, -0.1) is 0 Å². The summed E-state index contributed by atoms with van der Waals surface area (Å²) in [7, 11) is 0. The van der Waals surface area contributed by atoms with Crippen LogP contribution in [-0.4, -0.2) is 38.8 Å². The molecule has 7 nitrogen and oxygen atoms in total. The summed E-state index contributed by atoms with van der Waals surface area (Å²) in [6, 6.07) is 3.63. The van der Waals surface area contributed by atoms with Crippen molar-refractivity contribution >= 4 is 5.91 Å². The Morgan fingerprint density at radius 3 is 2.95 bits per heavy atom. The van der Waals surface area contributed by atoms with Gasteiger partial charge in [0.15, 0.2) is 0 Å². The van der Waals surface area contributed by atoms with E-state index in [1.807, 2.05) is 19.9 Å². The summed E-state index contributed by atoms with van der Waals surface area (Å²) in [5, 5.41) is 16.2. The van der Waals surface area contributed by atoms with Gasteiger partial charge in [-0.3, -0.25) is 9.78 Å². The van der Waals surface area contributed by atoms with Gasteiger partial charge in [-0.25, -0.2) is 0 Å². The van der Waals surface area contributed by atoms with E-state index in [0.717, 1.165) is 5.56 Å². The van der Waals surface area contributed by atoms with E-state index in [2.05, 4.69) is 20.4 Å². The number of nitrogens with zero attached hydrogens (tertiary/aromatic N) is 3. The Kier molecular flexibility index (Phi) is 5.60. The summed E-state index contributed by atoms with van der Waals surface area (Å²) in [5.74, 6) is 0.816. The minimum atomic E-state index is -0.537. The van der Waals surface area contributed by atoms with Gasteiger partial charge in [0.1, 0.15) is 0 Å². The highest BCUT2D eigenvalue weighted by Gasteiger charge is 2.13. The molecular formula is C15H20N4O3. The lowest BCUT2D eigenvalue weighted by Crippen LogP contribution is -2.34. The number of aryl methyl sites for hydroxylation is 1. The Morgan fingerprint density at radius 2 is 2.27 bits per heavy atom. The third-order valence-electron chi connectivity index (χ3n) is 3.23. The molecule has 0 spiro atoms. The molecule has 2 heterocycles. The monoisotopic (exact) mass is 304 g/mol. The van der Waals surface area contributed by atoms with Gasteiger partial charge in [-0.2, -0.15) is 4.98 Å². The van der Waals surface area contributed by atoms with Crippen molar-refractivity contribution in [3.8, 4) is 11.4 Å². The van der Waals surface area contributed by atoms with Gasteiger partial charge in [0.05, 0.1) is 6.10 Å². The summed E-state index contributed by atoms with van der Waals surface area (Å²) in [6.07, 6.45) is 3.37. The van der Waals surface area contributed by atoms with Crippen LogP contribution >= 0.6 is 0 Å². The Hall–Kier alpha value is -2.28. The van der Waals surface area contributed by atoms with Crippen LogP contribution in [0.5, 0.6) is 0 Å². The summed E-state index contributed by atoms with van der Waals surface area (Å²) >= 11 is 0. The molecular weight excluding hydrogens is 284 g/mol. The first-order valence-electron chi connectivity index (χ1n) is 7.24. The van der Waals surface area contributed by atoms with Crippen molar-refractivity contribution in [2.75, 3.05) is 6.54 Å². The fourth-order valence-electron chi connectivity index (χ4n) is 1.73. The highest BCUT2D eigenvalue weighted by Crippen LogP contribution is 2.14. The quantitative estimate of drug-likeness (QED) is 0.797. The number of nitrogens with one attached hydrogen (secondary N) is 1. The zero-order valence-electron chi connectivity index (χ0n) is 12.7. The van der Waals surface area contributed by atoms with Crippen LogP contribution in [0.1, 0.15) is 26.2 Å². The Labute approximate surface area is 128 Å². The highest BCUT2D eigenvalue weighted by atomic mass is 16.5. The lowest BCUT2D eigenvalue weighted by molar-refractivity contribution is -0.121. The first-order valence-corrected chi connectivity index (χ1v) is 7.24. The average Bonchev–Trinajstić information content (AvgIpc) is 3.00. The first kappa shape index (κ1) is 16.1. The van der Waals surface area contributed by atoms with Crippen molar-refractivity contribution in [2.45, 2.75) is 32.8 Å². The zero-order valence-corrected chi connectivity index (χ0v) is 12.7. The van der Waals surface area contributed by atoms with Crippen molar-refractivity contribution in [3.63, 3.8) is 0 Å². The number of aromatic nitrogens is 3. The molecule has 0 aliphatic carbocycles. The van der Waals surface area contributed by atoms with E-state index in [1.165, 1.54) is 0 Å². The van der Waals surface area contributed by atoms with Gasteiger partial charge in [0, 0.05) is 37.3 Å². The van der Waals surface area contributed by atoms with E-state index < -0.39 is 6.10 Å². The lowest BCUT2D eigenvalue weighted by atomic mass is 10.1. The molecule has 1 unspecified atom stereocenters. The largest absolute Gasteiger partial charge is 0.391 e. The third-order valence-corrected chi connectivity index (χ3v) is 3.23. The summed E-state index contributed by atoms with van der Waals surface area (Å²) in [4.78, 5) is 19.9. The fourth-order valence-corrected chi connectivity index (χ4v) is 1.73. The number of aliphatic hydroxyl groups excluding tert-OH is 1. The van der Waals surface area contributed by atoms with Gasteiger partial charge < -0.3 is 14.9 Å². The number of hydrogen-bond acceptors (Lipinski definition) is 6. The molecule has 0 fully saturated rings. The Balaban J connectivity index is 1.80. The molecule has 0 aliphatic heterocycles. The van der Waals surface area contributed by atoms with E-state index >= 15 is 0 Å². The normalized spacial score (nSPS) is 12.4. The van der Waals surface area contributed by atoms with Gasteiger partial charge in [-0.1, -0.05) is 19.0 Å². The minimum Gasteiger partial charge on any atom is -0.391 e. The molecule has 2 aromatic rings. The van der Waals surface area contributed by atoms with Crippen LogP contribution in [0.4, 0.5) is 0 Å². The third kappa shape index (κ3) is 4.63. The predicted octanol–water partition coefficient (Wildman–Crippen LogP) is 1.20. The maximum absolute atomic E-state index is 11.7.